The van der Waals surface area contributed by atoms with E-state index in [4.69, 9.17) is 4.74 Å². The molecule has 2 bridgehead atoms. The highest BCUT2D eigenvalue weighted by Gasteiger charge is 2.36. The maximum absolute atomic E-state index is 13.6. The fourth-order valence-corrected chi connectivity index (χ4v) is 6.69. The first-order valence-electron chi connectivity index (χ1n) is 14.9. The van der Waals surface area contributed by atoms with Crippen molar-refractivity contribution in [1.82, 2.24) is 9.47 Å². The van der Waals surface area contributed by atoms with Gasteiger partial charge in [-0.3, -0.25) is 19.2 Å². The van der Waals surface area contributed by atoms with Crippen molar-refractivity contribution in [3.63, 3.8) is 0 Å². The summed E-state index contributed by atoms with van der Waals surface area (Å²) < 4.78 is 20.6. The summed E-state index contributed by atoms with van der Waals surface area (Å²) in [7, 11) is 0. The smallest absolute Gasteiger partial charge is 0.309 e. The highest BCUT2D eigenvalue weighted by atomic mass is 19.1. The summed E-state index contributed by atoms with van der Waals surface area (Å²) in [5, 5.41) is 2.98. The average molecular weight is 587 g/mol. The lowest BCUT2D eigenvalue weighted by Gasteiger charge is -2.44. The first kappa shape index (κ1) is 28.6. The molecule has 4 heterocycles. The predicted molar refractivity (Wildman–Crippen MR) is 160 cm³/mol. The third-order valence-corrected chi connectivity index (χ3v) is 8.82. The van der Waals surface area contributed by atoms with Crippen molar-refractivity contribution in [3.05, 3.63) is 93.7 Å². The third-order valence-electron chi connectivity index (χ3n) is 8.82. The van der Waals surface area contributed by atoms with E-state index in [0.29, 0.717) is 69.0 Å². The van der Waals surface area contributed by atoms with Gasteiger partial charge in [-0.2, -0.15) is 0 Å². The molecule has 224 valence electrons. The lowest BCUT2D eigenvalue weighted by Crippen LogP contribution is -2.47. The molecule has 3 aliphatic heterocycles. The number of ether oxygens (including phenoxy) is 1. The Morgan fingerprint density at radius 2 is 1.70 bits per heavy atom. The van der Waals surface area contributed by atoms with Crippen LogP contribution in [0.4, 0.5) is 15.8 Å². The van der Waals surface area contributed by atoms with Gasteiger partial charge in [0.25, 0.3) is 17.4 Å². The van der Waals surface area contributed by atoms with Gasteiger partial charge in [0.1, 0.15) is 5.82 Å². The van der Waals surface area contributed by atoms with Crippen molar-refractivity contribution in [2.75, 3.05) is 43.0 Å². The normalized spacial score (nSPS) is 19.9. The summed E-state index contributed by atoms with van der Waals surface area (Å²) in [5.41, 5.74) is 3.04. The number of piperidine rings is 2. The number of benzene rings is 2. The van der Waals surface area contributed by atoms with Gasteiger partial charge in [0.2, 0.25) is 0 Å². The van der Waals surface area contributed by atoms with Crippen LogP contribution in [0.2, 0.25) is 0 Å². The van der Waals surface area contributed by atoms with E-state index in [1.54, 1.807) is 36.1 Å². The molecule has 2 atom stereocenters. The minimum absolute atomic E-state index is 0.0158. The zero-order chi connectivity index (χ0) is 30.1. The highest BCUT2D eigenvalue weighted by molar-refractivity contribution is 6.07. The topological polar surface area (TPSA) is 101 Å². The molecule has 3 aliphatic rings. The molecular formula is C33H35FN4O5. The number of rotatable bonds is 6. The number of hydrogen-bond acceptors (Lipinski definition) is 6. The van der Waals surface area contributed by atoms with Gasteiger partial charge in [0.15, 0.2) is 0 Å². The lowest BCUT2D eigenvalue weighted by molar-refractivity contribution is -0.149. The monoisotopic (exact) mass is 586 g/mol. The molecule has 0 saturated carbocycles. The van der Waals surface area contributed by atoms with E-state index < -0.39 is 11.7 Å². The minimum atomic E-state index is -0.434. The Labute approximate surface area is 249 Å². The van der Waals surface area contributed by atoms with Crippen molar-refractivity contribution in [1.29, 1.82) is 0 Å². The molecule has 43 heavy (non-hydrogen) atoms. The molecule has 2 amide bonds. The van der Waals surface area contributed by atoms with Gasteiger partial charge in [0.05, 0.1) is 23.9 Å². The van der Waals surface area contributed by atoms with Gasteiger partial charge in [-0.1, -0.05) is 6.07 Å². The lowest BCUT2D eigenvalue weighted by atomic mass is 9.83. The quantitative estimate of drug-likeness (QED) is 0.433. The number of esters is 1. The number of carbonyl (C=O) groups is 3. The second kappa shape index (κ2) is 12.0. The van der Waals surface area contributed by atoms with E-state index in [1.165, 1.54) is 24.3 Å². The van der Waals surface area contributed by atoms with E-state index in [2.05, 4.69) is 10.2 Å². The molecule has 0 aliphatic carbocycles. The van der Waals surface area contributed by atoms with Crippen LogP contribution in [0.25, 0.3) is 0 Å². The number of aromatic nitrogens is 1. The molecule has 9 nitrogen and oxygen atoms in total. The van der Waals surface area contributed by atoms with Crippen molar-refractivity contribution in [2.45, 2.75) is 38.6 Å². The van der Waals surface area contributed by atoms with Crippen LogP contribution in [-0.4, -0.2) is 60.0 Å². The Kier molecular flexibility index (Phi) is 8.01. The van der Waals surface area contributed by atoms with Crippen LogP contribution in [-0.2, 0) is 16.1 Å². The van der Waals surface area contributed by atoms with E-state index in [1.807, 2.05) is 16.7 Å². The molecule has 1 N–H and O–H groups in total. The molecule has 0 radical (unpaired) electrons. The van der Waals surface area contributed by atoms with Gasteiger partial charge >= 0.3 is 5.97 Å². The first-order valence-corrected chi connectivity index (χ1v) is 14.9. The van der Waals surface area contributed by atoms with Crippen LogP contribution >= 0.6 is 0 Å². The molecule has 2 unspecified atom stereocenters. The zero-order valence-electron chi connectivity index (χ0n) is 24.1. The van der Waals surface area contributed by atoms with Crippen molar-refractivity contribution >= 4 is 29.2 Å². The van der Waals surface area contributed by atoms with Crippen molar-refractivity contribution < 1.29 is 23.5 Å². The first-order chi connectivity index (χ1) is 20.8. The van der Waals surface area contributed by atoms with Crippen LogP contribution in [0.5, 0.6) is 0 Å². The predicted octanol–water partition coefficient (Wildman–Crippen LogP) is 4.28. The fourth-order valence-electron chi connectivity index (χ4n) is 6.69. The van der Waals surface area contributed by atoms with Gasteiger partial charge in [-0.15, -0.1) is 0 Å². The fraction of sp³-hybridized carbons (Fsp3) is 0.394. The summed E-state index contributed by atoms with van der Waals surface area (Å²) in [5.74, 6) is -1.03. The highest BCUT2D eigenvalue weighted by Crippen LogP contribution is 2.39. The number of nitrogens with one attached hydrogen (secondary N) is 1. The molecule has 10 heteroatoms. The maximum atomic E-state index is 13.6. The number of nitrogens with zero attached hydrogens (tertiary/aromatic N) is 3. The van der Waals surface area contributed by atoms with Gasteiger partial charge in [0, 0.05) is 61.5 Å². The van der Waals surface area contributed by atoms with Gasteiger partial charge in [-0.25, -0.2) is 4.39 Å². The molecule has 1 aromatic heterocycles. The molecule has 0 spiro atoms. The molecule has 2 saturated heterocycles. The number of hydrogen-bond donors (Lipinski definition) is 1. The molecule has 3 aromatic rings. The van der Waals surface area contributed by atoms with E-state index in [0.717, 1.165) is 17.8 Å². The Balaban J connectivity index is 1.27. The average Bonchev–Trinajstić information content (AvgIpc) is 3.01. The minimum Gasteiger partial charge on any atom is -0.466 e. The Morgan fingerprint density at radius 1 is 0.953 bits per heavy atom. The number of carbonyl (C=O) groups excluding carboxylic acids is 3. The van der Waals surface area contributed by atoms with E-state index in [9.17, 15) is 23.6 Å². The van der Waals surface area contributed by atoms with E-state index in [-0.39, 0.29) is 35.2 Å². The number of pyridine rings is 1. The Bertz CT molecular complexity index is 1600. The summed E-state index contributed by atoms with van der Waals surface area (Å²) >= 11 is 0. The number of fused-ring (bicyclic) bond motifs is 4. The standard InChI is InChI=1S/C33H35FN4O5/c1-2-43-33(42)23-12-14-36(15-13-23)32(41)24-8-11-29(27(17-24)35-31(40)22-6-9-26(34)10-7-22)37-18-21-16-25(20-37)28-4-3-5-30(39)38(28)19-21/h3-11,17,21,23,25H,2,12-16,18-20H2,1H3,(H,35,40). The SMILES string of the molecule is CCOC(=O)C1CCN(C(=O)c2ccc(N3CC4CC(C3)c3cccc(=O)n3C4)c(NC(=O)c3ccc(F)cc3)c2)CC1. The van der Waals surface area contributed by atoms with Crippen LogP contribution < -0.4 is 15.8 Å². The maximum Gasteiger partial charge on any atom is 0.309 e. The number of halogens is 1. The number of likely N-dealkylation sites (tertiary alicyclic amines) is 1. The van der Waals surface area contributed by atoms with Crippen LogP contribution in [0.3, 0.4) is 0 Å². The largest absolute Gasteiger partial charge is 0.466 e. The molecule has 2 aromatic carbocycles. The van der Waals surface area contributed by atoms with Crippen LogP contribution in [0, 0.1) is 17.7 Å². The summed E-state index contributed by atoms with van der Waals surface area (Å²) in [6.45, 7) is 4.99. The van der Waals surface area contributed by atoms with Crippen LogP contribution in [0.1, 0.15) is 58.5 Å². The zero-order valence-corrected chi connectivity index (χ0v) is 24.1. The summed E-state index contributed by atoms with van der Waals surface area (Å²) in [6, 6.07) is 16.1. The summed E-state index contributed by atoms with van der Waals surface area (Å²) in [6.07, 6.45) is 2.06. The molecule has 6 rings (SSSR count). The van der Waals surface area contributed by atoms with Crippen molar-refractivity contribution in [2.24, 2.45) is 11.8 Å². The molecular weight excluding hydrogens is 551 g/mol. The van der Waals surface area contributed by atoms with Crippen LogP contribution in [0.15, 0.2) is 65.5 Å². The summed E-state index contributed by atoms with van der Waals surface area (Å²) in [4.78, 5) is 55.5. The van der Waals surface area contributed by atoms with Crippen molar-refractivity contribution in [3.8, 4) is 0 Å². The van der Waals surface area contributed by atoms with Gasteiger partial charge < -0.3 is 24.4 Å². The number of anilines is 2. The molecule has 2 fully saturated rings. The van der Waals surface area contributed by atoms with E-state index >= 15 is 0 Å². The van der Waals surface area contributed by atoms with Gasteiger partial charge in [-0.05, 0) is 80.6 Å². The third kappa shape index (κ3) is 5.91. The second-order valence-electron chi connectivity index (χ2n) is 11.6. The second-order valence-corrected chi connectivity index (χ2v) is 11.6. The Morgan fingerprint density at radius 3 is 2.44 bits per heavy atom. The Hall–Kier alpha value is -4.47. The number of amides is 2.